The van der Waals surface area contributed by atoms with Crippen LogP contribution in [0.5, 0.6) is 0 Å². The summed E-state index contributed by atoms with van der Waals surface area (Å²) in [5.41, 5.74) is 4.53. The zero-order chi connectivity index (χ0) is 20.7. The fourth-order valence-corrected chi connectivity index (χ4v) is 4.16. The van der Waals surface area contributed by atoms with Crippen LogP contribution < -0.4 is 5.32 Å². The number of nitrogens with one attached hydrogen (secondary N) is 2. The van der Waals surface area contributed by atoms with Gasteiger partial charge in [0.2, 0.25) is 0 Å². The summed E-state index contributed by atoms with van der Waals surface area (Å²) in [5.74, 6) is 6.29. The maximum Gasteiger partial charge on any atom is 0.183 e. The molecule has 1 aromatic carbocycles. The van der Waals surface area contributed by atoms with E-state index in [0.717, 1.165) is 40.7 Å². The number of aliphatic hydroxyl groups excluding tert-OH is 1. The minimum Gasteiger partial charge on any atom is -0.395 e. The summed E-state index contributed by atoms with van der Waals surface area (Å²) >= 11 is 12.3. The maximum absolute atomic E-state index is 9.29. The number of aromatic amines is 1. The van der Waals surface area contributed by atoms with E-state index < -0.39 is 0 Å². The molecule has 150 valence electrons. The summed E-state index contributed by atoms with van der Waals surface area (Å²) < 4.78 is 2.21. The van der Waals surface area contributed by atoms with E-state index in [-0.39, 0.29) is 12.6 Å². The van der Waals surface area contributed by atoms with Gasteiger partial charge < -0.3 is 15.4 Å². The van der Waals surface area contributed by atoms with E-state index in [1.807, 2.05) is 12.4 Å². The number of nitrogens with zero attached hydrogens (tertiary/aromatic N) is 2. The Labute approximate surface area is 184 Å². The van der Waals surface area contributed by atoms with Crippen LogP contribution in [0.2, 0.25) is 10.0 Å². The van der Waals surface area contributed by atoms with Gasteiger partial charge in [-0.15, -0.1) is 0 Å². The minimum absolute atomic E-state index is 0.180. The quantitative estimate of drug-likeness (QED) is 0.434. The van der Waals surface area contributed by atoms with E-state index in [9.17, 15) is 5.11 Å². The Morgan fingerprint density at radius 2 is 2.03 bits per heavy atom. The Morgan fingerprint density at radius 1 is 1.20 bits per heavy atom. The first-order chi connectivity index (χ1) is 14.6. The molecule has 2 atom stereocenters. The second-order valence-corrected chi connectivity index (χ2v) is 8.38. The molecule has 5 rings (SSSR count). The molecule has 30 heavy (non-hydrogen) atoms. The summed E-state index contributed by atoms with van der Waals surface area (Å²) in [4.78, 5) is 7.72. The molecule has 0 bridgehead atoms. The molecule has 0 radical (unpaired) electrons. The lowest BCUT2D eigenvalue weighted by molar-refractivity contribution is -0.497. The van der Waals surface area contributed by atoms with Crippen molar-refractivity contribution in [2.75, 3.05) is 13.2 Å². The maximum atomic E-state index is 9.29. The Bertz CT molecular complexity index is 1270. The molecular formula is C23H19Cl2N4O+. The monoisotopic (exact) mass is 437 g/mol. The Hall–Kier alpha value is -2.62. The number of rotatable bonds is 3. The SMILES string of the molecule is OCC1CC([N+]2=CC(c3cnc4[nH]cc(C#Cc5cc(Cl)ccc5Cl)c4c3)=C2)CN1. The predicted molar refractivity (Wildman–Crippen MR) is 120 cm³/mol. The molecule has 0 spiro atoms. The second kappa shape index (κ2) is 7.90. The van der Waals surface area contributed by atoms with Crippen molar-refractivity contribution in [3.8, 4) is 11.8 Å². The molecule has 7 heteroatoms. The van der Waals surface area contributed by atoms with Crippen molar-refractivity contribution in [1.29, 1.82) is 0 Å². The summed E-state index contributed by atoms with van der Waals surface area (Å²) in [6.45, 7) is 1.06. The van der Waals surface area contributed by atoms with E-state index >= 15 is 0 Å². The molecule has 5 nitrogen and oxygen atoms in total. The highest BCUT2D eigenvalue weighted by molar-refractivity contribution is 6.33. The van der Waals surface area contributed by atoms with Crippen LogP contribution in [-0.2, 0) is 0 Å². The van der Waals surface area contributed by atoms with Crippen molar-refractivity contribution in [2.24, 2.45) is 0 Å². The van der Waals surface area contributed by atoms with Gasteiger partial charge in [0.1, 0.15) is 11.2 Å². The number of fused-ring (bicyclic) bond motifs is 1. The molecular weight excluding hydrogens is 419 g/mol. The van der Waals surface area contributed by atoms with Crippen LogP contribution >= 0.6 is 23.2 Å². The molecule has 4 heterocycles. The largest absolute Gasteiger partial charge is 0.395 e. The van der Waals surface area contributed by atoms with Crippen LogP contribution in [0.1, 0.15) is 23.1 Å². The average molecular weight is 438 g/mol. The number of aromatic nitrogens is 2. The topological polar surface area (TPSA) is 64.0 Å². The van der Waals surface area contributed by atoms with Gasteiger partial charge in [0.15, 0.2) is 18.5 Å². The average Bonchev–Trinajstić information content (AvgIpc) is 3.34. The molecule has 2 aliphatic rings. The lowest BCUT2D eigenvalue weighted by atomic mass is 10.0. The molecule has 1 fully saturated rings. The molecule has 1 saturated heterocycles. The lowest BCUT2D eigenvalue weighted by Crippen LogP contribution is -2.30. The van der Waals surface area contributed by atoms with Crippen LogP contribution in [0, 0.1) is 11.8 Å². The van der Waals surface area contributed by atoms with Gasteiger partial charge in [-0.1, -0.05) is 35.0 Å². The smallest absolute Gasteiger partial charge is 0.183 e. The van der Waals surface area contributed by atoms with Crippen molar-refractivity contribution < 1.29 is 9.68 Å². The van der Waals surface area contributed by atoms with E-state index in [1.54, 1.807) is 18.2 Å². The summed E-state index contributed by atoms with van der Waals surface area (Å²) in [5, 5.41) is 14.8. The Balaban J connectivity index is 1.39. The van der Waals surface area contributed by atoms with Gasteiger partial charge >= 0.3 is 0 Å². The van der Waals surface area contributed by atoms with Crippen molar-refractivity contribution in [3.05, 3.63) is 69.6 Å². The highest BCUT2D eigenvalue weighted by Gasteiger charge is 2.34. The summed E-state index contributed by atoms with van der Waals surface area (Å²) in [6.07, 6.45) is 8.94. The number of hydrogen-bond acceptors (Lipinski definition) is 3. The number of benzene rings is 1. The predicted octanol–water partition coefficient (Wildman–Crippen LogP) is 3.43. The van der Waals surface area contributed by atoms with E-state index in [2.05, 4.69) is 50.2 Å². The van der Waals surface area contributed by atoms with Crippen LogP contribution in [-0.4, -0.2) is 51.1 Å². The Kier molecular flexibility index (Phi) is 5.10. The van der Waals surface area contributed by atoms with Gasteiger partial charge in [-0.05, 0) is 24.3 Å². The Morgan fingerprint density at radius 3 is 2.83 bits per heavy atom. The summed E-state index contributed by atoms with van der Waals surface area (Å²) in [6, 6.07) is 7.93. The number of hydrogen-bond donors (Lipinski definition) is 3. The zero-order valence-corrected chi connectivity index (χ0v) is 17.5. The minimum atomic E-state index is 0.180. The highest BCUT2D eigenvalue weighted by Crippen LogP contribution is 2.26. The number of aliphatic hydroxyl groups is 1. The fourth-order valence-electron chi connectivity index (χ4n) is 3.83. The van der Waals surface area contributed by atoms with E-state index in [0.29, 0.717) is 21.7 Å². The van der Waals surface area contributed by atoms with E-state index in [4.69, 9.17) is 23.2 Å². The first kappa shape index (κ1) is 19.3. The molecule has 2 unspecified atom stereocenters. The van der Waals surface area contributed by atoms with Crippen LogP contribution in [0.3, 0.4) is 0 Å². The highest BCUT2D eigenvalue weighted by atomic mass is 35.5. The second-order valence-electron chi connectivity index (χ2n) is 7.53. The first-order valence-electron chi connectivity index (χ1n) is 9.73. The third-order valence-corrected chi connectivity index (χ3v) is 6.11. The molecule has 0 saturated carbocycles. The standard InChI is InChI=1S/C23H19Cl2N4O/c24-18-3-4-22(25)14(5-18)1-2-15-8-27-23-21(15)6-16(9-28-23)17-11-29(12-17)20-7-19(13-30)26-10-20/h3-6,8-9,11-12,19-20,26,30H,7,10,13H2,(H,27,28)/q+1. The molecule has 2 aliphatic heterocycles. The lowest BCUT2D eigenvalue weighted by Gasteiger charge is -2.14. The number of pyridine rings is 1. The molecule has 3 N–H and O–H groups in total. The number of allylic oxidation sites excluding steroid dienone is 1. The third kappa shape index (κ3) is 3.64. The number of H-pyrrole nitrogens is 1. The number of halogens is 2. The van der Waals surface area contributed by atoms with Crippen molar-refractivity contribution >= 4 is 46.0 Å². The van der Waals surface area contributed by atoms with Crippen molar-refractivity contribution in [1.82, 2.24) is 15.3 Å². The molecule has 0 aliphatic carbocycles. The summed E-state index contributed by atoms with van der Waals surface area (Å²) in [7, 11) is 0. The van der Waals surface area contributed by atoms with Crippen molar-refractivity contribution in [2.45, 2.75) is 18.5 Å². The molecule has 3 aromatic rings. The fraction of sp³-hybridized carbons (Fsp3) is 0.217. The van der Waals surface area contributed by atoms with Crippen LogP contribution in [0.4, 0.5) is 0 Å². The zero-order valence-electron chi connectivity index (χ0n) is 16.0. The van der Waals surface area contributed by atoms with Gasteiger partial charge in [0.05, 0.1) is 23.7 Å². The van der Waals surface area contributed by atoms with Gasteiger partial charge in [0.25, 0.3) is 0 Å². The van der Waals surface area contributed by atoms with Gasteiger partial charge in [-0.3, -0.25) is 0 Å². The van der Waals surface area contributed by atoms with Gasteiger partial charge in [0, 0.05) is 46.4 Å². The van der Waals surface area contributed by atoms with Gasteiger partial charge in [-0.25, -0.2) is 4.98 Å². The van der Waals surface area contributed by atoms with Crippen LogP contribution in [0.25, 0.3) is 16.6 Å². The van der Waals surface area contributed by atoms with Crippen LogP contribution in [0.15, 0.2) is 42.9 Å². The molecule has 0 amide bonds. The first-order valence-corrected chi connectivity index (χ1v) is 10.5. The van der Waals surface area contributed by atoms with E-state index in [1.165, 1.54) is 0 Å². The normalized spacial score (nSPS) is 20.4. The van der Waals surface area contributed by atoms with Crippen molar-refractivity contribution in [3.63, 3.8) is 0 Å². The molecule has 2 aromatic heterocycles. The third-order valence-electron chi connectivity index (χ3n) is 5.54. The van der Waals surface area contributed by atoms with Gasteiger partial charge in [-0.2, -0.15) is 4.58 Å².